The number of amides is 2. The van der Waals surface area contributed by atoms with Crippen LogP contribution < -0.4 is 5.32 Å². The number of nitrogens with zero attached hydrogens (tertiary/aromatic N) is 1. The normalized spacial score (nSPS) is 10.5. The number of hydrogen-bond donors (Lipinski definition) is 2. The van der Waals surface area contributed by atoms with E-state index < -0.39 is 42.6 Å². The lowest BCUT2D eigenvalue weighted by Crippen LogP contribution is -2.53. The van der Waals surface area contributed by atoms with Crippen LogP contribution in [-0.2, 0) is 23.9 Å². The summed E-state index contributed by atoms with van der Waals surface area (Å²) < 4.78 is 8.87. The average Bonchev–Trinajstić information content (AvgIpc) is 2.35. The quantitative estimate of drug-likeness (QED) is 0.613. The van der Waals surface area contributed by atoms with Crippen LogP contribution in [0, 0.1) is 0 Å². The number of carbonyl (C=O) groups is 4. The number of carboxylic acid groups (broad SMARTS) is 1. The number of carbonyl (C=O) groups excluding carboxylic acids is 3. The topological polar surface area (TPSA) is 122 Å². The fraction of sp³-hybridized carbons (Fsp3) is 0.667. The van der Waals surface area contributed by atoms with Gasteiger partial charge in [-0.25, -0.2) is 4.79 Å². The van der Waals surface area contributed by atoms with Crippen molar-refractivity contribution in [2.45, 2.75) is 25.8 Å². The SMILES string of the molecule is COC(=O)CN(CC(=O)OC)C(=O)NC(C)(C)CC(=O)O. The third kappa shape index (κ3) is 7.75. The standard InChI is InChI=1S/C12H20N2O7/c1-12(2,5-8(15)16)13-11(19)14(6-9(17)20-3)7-10(18)21-4/h5-7H2,1-4H3,(H,13,19)(H,15,16). The minimum absolute atomic E-state index is 0.316. The smallest absolute Gasteiger partial charge is 0.325 e. The first-order valence-electron chi connectivity index (χ1n) is 6.04. The zero-order chi connectivity index (χ0) is 16.6. The molecule has 0 unspecified atom stereocenters. The van der Waals surface area contributed by atoms with Crippen molar-refractivity contribution in [2.75, 3.05) is 27.3 Å². The molecule has 0 bridgehead atoms. The summed E-state index contributed by atoms with van der Waals surface area (Å²) in [6.07, 6.45) is -0.316. The van der Waals surface area contributed by atoms with Crippen molar-refractivity contribution in [3.63, 3.8) is 0 Å². The molecule has 0 atom stereocenters. The van der Waals surface area contributed by atoms with Crippen molar-refractivity contribution in [3.8, 4) is 0 Å². The molecule has 0 aromatic heterocycles. The van der Waals surface area contributed by atoms with Crippen LogP contribution >= 0.6 is 0 Å². The van der Waals surface area contributed by atoms with Crippen LogP contribution in [0.2, 0.25) is 0 Å². The number of hydrogen-bond acceptors (Lipinski definition) is 6. The van der Waals surface area contributed by atoms with E-state index in [1.165, 1.54) is 13.8 Å². The number of nitrogens with one attached hydrogen (secondary N) is 1. The molecule has 0 radical (unpaired) electrons. The molecular formula is C12H20N2O7. The lowest BCUT2D eigenvalue weighted by Gasteiger charge is -2.28. The summed E-state index contributed by atoms with van der Waals surface area (Å²) in [4.78, 5) is 46.1. The maximum absolute atomic E-state index is 12.0. The van der Waals surface area contributed by atoms with Crippen molar-refractivity contribution in [3.05, 3.63) is 0 Å². The molecule has 0 fully saturated rings. The second-order valence-corrected chi connectivity index (χ2v) is 4.89. The number of carboxylic acids is 1. The van der Waals surface area contributed by atoms with E-state index in [4.69, 9.17) is 5.11 Å². The van der Waals surface area contributed by atoms with Gasteiger partial charge < -0.3 is 24.8 Å². The van der Waals surface area contributed by atoms with Gasteiger partial charge >= 0.3 is 23.9 Å². The Morgan fingerprint density at radius 1 is 1.05 bits per heavy atom. The second kappa shape index (κ2) is 8.08. The van der Waals surface area contributed by atoms with E-state index in [1.54, 1.807) is 0 Å². The molecule has 0 aliphatic heterocycles. The monoisotopic (exact) mass is 304 g/mol. The summed E-state index contributed by atoms with van der Waals surface area (Å²) in [7, 11) is 2.29. The summed E-state index contributed by atoms with van der Waals surface area (Å²) >= 11 is 0. The van der Waals surface area contributed by atoms with E-state index in [0.717, 1.165) is 19.1 Å². The molecule has 0 saturated heterocycles. The Labute approximate surface area is 122 Å². The van der Waals surface area contributed by atoms with Gasteiger partial charge in [-0.3, -0.25) is 14.4 Å². The van der Waals surface area contributed by atoms with Crippen LogP contribution in [0.3, 0.4) is 0 Å². The van der Waals surface area contributed by atoms with Crippen LogP contribution in [0.4, 0.5) is 4.79 Å². The fourth-order valence-electron chi connectivity index (χ4n) is 1.43. The molecule has 9 heteroatoms. The first kappa shape index (κ1) is 18.7. The molecular weight excluding hydrogens is 284 g/mol. The molecule has 0 aliphatic rings. The van der Waals surface area contributed by atoms with Crippen LogP contribution in [-0.4, -0.2) is 66.8 Å². The number of rotatable bonds is 7. The molecule has 0 spiro atoms. The largest absolute Gasteiger partial charge is 0.481 e. The maximum Gasteiger partial charge on any atom is 0.325 e. The van der Waals surface area contributed by atoms with Crippen molar-refractivity contribution in [2.24, 2.45) is 0 Å². The van der Waals surface area contributed by atoms with Gasteiger partial charge in [-0.15, -0.1) is 0 Å². The van der Waals surface area contributed by atoms with Crippen LogP contribution in [0.1, 0.15) is 20.3 Å². The van der Waals surface area contributed by atoms with Crippen molar-refractivity contribution >= 4 is 23.9 Å². The van der Waals surface area contributed by atoms with Gasteiger partial charge in [0.15, 0.2) is 0 Å². The zero-order valence-corrected chi connectivity index (χ0v) is 12.5. The van der Waals surface area contributed by atoms with Gasteiger partial charge in [-0.2, -0.15) is 0 Å². The number of methoxy groups -OCH3 is 2. The molecule has 0 rings (SSSR count). The highest BCUT2D eigenvalue weighted by molar-refractivity contribution is 5.85. The minimum atomic E-state index is -1.09. The Hall–Kier alpha value is -2.32. The molecule has 120 valence electrons. The third-order valence-corrected chi connectivity index (χ3v) is 2.42. The minimum Gasteiger partial charge on any atom is -0.481 e. The zero-order valence-electron chi connectivity index (χ0n) is 12.5. The van der Waals surface area contributed by atoms with Gasteiger partial charge in [0.1, 0.15) is 13.1 Å². The first-order valence-corrected chi connectivity index (χ1v) is 6.04. The summed E-state index contributed by atoms with van der Waals surface area (Å²) in [5.74, 6) is -2.53. The van der Waals surface area contributed by atoms with Crippen LogP contribution in [0.25, 0.3) is 0 Å². The number of urea groups is 1. The fourth-order valence-corrected chi connectivity index (χ4v) is 1.43. The van der Waals surface area contributed by atoms with Crippen molar-refractivity contribution < 1.29 is 33.8 Å². The highest BCUT2D eigenvalue weighted by atomic mass is 16.5. The number of esters is 2. The summed E-state index contributed by atoms with van der Waals surface area (Å²) in [6, 6.07) is -0.767. The van der Waals surface area contributed by atoms with Gasteiger partial charge in [-0.1, -0.05) is 0 Å². The van der Waals surface area contributed by atoms with E-state index in [1.807, 2.05) is 0 Å². The predicted octanol–water partition coefficient (Wildman–Crippen LogP) is -0.403. The Morgan fingerprint density at radius 3 is 1.81 bits per heavy atom. The lowest BCUT2D eigenvalue weighted by atomic mass is 10.0. The molecule has 21 heavy (non-hydrogen) atoms. The Morgan fingerprint density at radius 2 is 1.48 bits per heavy atom. The molecule has 0 aromatic carbocycles. The molecule has 9 nitrogen and oxygen atoms in total. The van der Waals surface area contributed by atoms with Crippen LogP contribution in [0.15, 0.2) is 0 Å². The first-order chi connectivity index (χ1) is 9.61. The molecule has 0 saturated carbocycles. The van der Waals surface area contributed by atoms with Crippen molar-refractivity contribution in [1.29, 1.82) is 0 Å². The van der Waals surface area contributed by atoms with Gasteiger partial charge in [0.05, 0.1) is 20.6 Å². The molecule has 0 heterocycles. The van der Waals surface area contributed by atoms with E-state index in [0.29, 0.717) is 0 Å². The number of ether oxygens (including phenoxy) is 2. The van der Waals surface area contributed by atoms with Gasteiger partial charge in [0.25, 0.3) is 0 Å². The highest BCUT2D eigenvalue weighted by Crippen LogP contribution is 2.09. The van der Waals surface area contributed by atoms with E-state index in [-0.39, 0.29) is 6.42 Å². The molecule has 0 aliphatic carbocycles. The average molecular weight is 304 g/mol. The van der Waals surface area contributed by atoms with Crippen molar-refractivity contribution in [1.82, 2.24) is 10.2 Å². The molecule has 0 aromatic rings. The van der Waals surface area contributed by atoms with E-state index in [9.17, 15) is 19.2 Å². The Kier molecular flexibility index (Phi) is 7.18. The van der Waals surface area contributed by atoms with Gasteiger partial charge in [0, 0.05) is 5.54 Å². The van der Waals surface area contributed by atoms with Gasteiger partial charge in [-0.05, 0) is 13.8 Å². The second-order valence-electron chi connectivity index (χ2n) is 4.89. The Balaban J connectivity index is 4.88. The maximum atomic E-state index is 12.0. The lowest BCUT2D eigenvalue weighted by molar-refractivity contribution is -0.145. The van der Waals surface area contributed by atoms with Crippen LogP contribution in [0.5, 0.6) is 0 Å². The summed E-state index contributed by atoms with van der Waals surface area (Å²) in [5.41, 5.74) is -1.05. The van der Waals surface area contributed by atoms with E-state index >= 15 is 0 Å². The van der Waals surface area contributed by atoms with E-state index in [2.05, 4.69) is 14.8 Å². The molecule has 2 amide bonds. The predicted molar refractivity (Wildman–Crippen MR) is 70.5 cm³/mol. The third-order valence-electron chi connectivity index (χ3n) is 2.42. The summed E-state index contributed by atoms with van der Waals surface area (Å²) in [5, 5.41) is 11.2. The number of aliphatic carboxylic acids is 1. The Bertz CT molecular complexity index is 402. The highest BCUT2D eigenvalue weighted by Gasteiger charge is 2.28. The van der Waals surface area contributed by atoms with Gasteiger partial charge in [0.2, 0.25) is 0 Å². The molecule has 2 N–H and O–H groups in total. The summed E-state index contributed by atoms with van der Waals surface area (Å²) in [6.45, 7) is 2.10.